The molecular formula is C20H22N4O. The lowest BCUT2D eigenvalue weighted by Crippen LogP contribution is -2.47. The molecular weight excluding hydrogens is 312 g/mol. The van der Waals surface area contributed by atoms with Crippen LogP contribution in [-0.4, -0.2) is 31.0 Å². The highest BCUT2D eigenvalue weighted by Gasteiger charge is 2.38. The first-order valence-electron chi connectivity index (χ1n) is 8.52. The number of anilines is 1. The van der Waals surface area contributed by atoms with E-state index < -0.39 is 0 Å². The highest BCUT2D eigenvalue weighted by Crippen LogP contribution is 2.43. The Balaban J connectivity index is 1.56. The Morgan fingerprint density at radius 3 is 2.60 bits per heavy atom. The van der Waals surface area contributed by atoms with Crippen molar-refractivity contribution in [2.45, 2.75) is 24.7 Å². The second-order valence-electron chi connectivity index (χ2n) is 6.65. The first-order valence-corrected chi connectivity index (χ1v) is 8.52. The molecule has 1 aromatic carbocycles. The first kappa shape index (κ1) is 17.0. The number of hydrogen-bond acceptors (Lipinski definition) is 4. The molecule has 5 heteroatoms. The molecule has 1 aromatic heterocycles. The van der Waals surface area contributed by atoms with Crippen LogP contribution in [0.25, 0.3) is 0 Å². The van der Waals surface area contributed by atoms with E-state index in [1.807, 2.05) is 19.2 Å². The smallest absolute Gasteiger partial charge is 0.239 e. The number of carbonyl (C=O) groups is 1. The monoisotopic (exact) mass is 334 g/mol. The lowest BCUT2D eigenvalue weighted by molar-refractivity contribution is -0.120. The van der Waals surface area contributed by atoms with Crippen molar-refractivity contribution in [2.24, 2.45) is 0 Å². The fourth-order valence-corrected chi connectivity index (χ4v) is 3.26. The SMILES string of the molecule is CN(CC(=O)NCC1(c2ccccc2)CCC1)c1ccc(C#N)cn1. The molecule has 25 heavy (non-hydrogen) atoms. The van der Waals surface area contributed by atoms with E-state index in [0.29, 0.717) is 17.9 Å². The molecule has 1 N–H and O–H groups in total. The molecule has 5 nitrogen and oxygen atoms in total. The zero-order valence-electron chi connectivity index (χ0n) is 14.4. The van der Waals surface area contributed by atoms with Gasteiger partial charge in [0, 0.05) is 25.2 Å². The molecule has 0 bridgehead atoms. The van der Waals surface area contributed by atoms with Gasteiger partial charge >= 0.3 is 0 Å². The van der Waals surface area contributed by atoms with Crippen molar-refractivity contribution < 1.29 is 4.79 Å². The highest BCUT2D eigenvalue weighted by atomic mass is 16.2. The largest absolute Gasteiger partial charge is 0.354 e. The van der Waals surface area contributed by atoms with Gasteiger partial charge < -0.3 is 10.2 Å². The van der Waals surface area contributed by atoms with E-state index in [1.165, 1.54) is 18.2 Å². The third-order valence-corrected chi connectivity index (χ3v) is 4.97. The summed E-state index contributed by atoms with van der Waals surface area (Å²) in [7, 11) is 1.82. The van der Waals surface area contributed by atoms with Crippen LogP contribution in [0.2, 0.25) is 0 Å². The molecule has 0 atom stereocenters. The molecule has 1 aliphatic rings. The van der Waals surface area contributed by atoms with Crippen molar-refractivity contribution in [3.05, 3.63) is 59.8 Å². The van der Waals surface area contributed by atoms with Crippen LogP contribution in [0, 0.1) is 11.3 Å². The van der Waals surface area contributed by atoms with E-state index in [9.17, 15) is 4.79 Å². The minimum absolute atomic E-state index is 0.0177. The van der Waals surface area contributed by atoms with Gasteiger partial charge in [-0.05, 0) is 30.5 Å². The van der Waals surface area contributed by atoms with Crippen molar-refractivity contribution in [1.82, 2.24) is 10.3 Å². The average molecular weight is 334 g/mol. The zero-order valence-corrected chi connectivity index (χ0v) is 14.4. The van der Waals surface area contributed by atoms with Crippen LogP contribution in [0.3, 0.4) is 0 Å². The molecule has 2 aromatic rings. The minimum Gasteiger partial charge on any atom is -0.354 e. The number of likely N-dealkylation sites (N-methyl/N-ethyl adjacent to an activating group) is 1. The quantitative estimate of drug-likeness (QED) is 0.882. The Bertz CT molecular complexity index is 761. The maximum atomic E-state index is 12.3. The molecule has 1 fully saturated rings. The number of benzene rings is 1. The fourth-order valence-electron chi connectivity index (χ4n) is 3.26. The molecule has 0 aliphatic heterocycles. The molecule has 0 saturated heterocycles. The van der Waals surface area contributed by atoms with E-state index >= 15 is 0 Å². The molecule has 1 saturated carbocycles. The Kier molecular flexibility index (Phi) is 4.99. The Morgan fingerprint density at radius 2 is 2.04 bits per heavy atom. The molecule has 0 unspecified atom stereocenters. The summed E-state index contributed by atoms with van der Waals surface area (Å²) in [5.74, 6) is 0.659. The molecule has 128 valence electrons. The third-order valence-electron chi connectivity index (χ3n) is 4.97. The van der Waals surface area contributed by atoms with E-state index in [2.05, 4.69) is 34.6 Å². The van der Waals surface area contributed by atoms with Crippen molar-refractivity contribution in [3.8, 4) is 6.07 Å². The van der Waals surface area contributed by atoms with E-state index in [-0.39, 0.29) is 17.9 Å². The number of rotatable bonds is 6. The number of hydrogen-bond donors (Lipinski definition) is 1. The van der Waals surface area contributed by atoms with Crippen LogP contribution in [0.4, 0.5) is 5.82 Å². The summed E-state index contributed by atoms with van der Waals surface area (Å²) < 4.78 is 0. The normalized spacial score (nSPS) is 14.9. The van der Waals surface area contributed by atoms with Crippen LogP contribution in [0.5, 0.6) is 0 Å². The van der Waals surface area contributed by atoms with E-state index in [0.717, 1.165) is 12.8 Å². The van der Waals surface area contributed by atoms with Gasteiger partial charge in [-0.1, -0.05) is 36.8 Å². The van der Waals surface area contributed by atoms with Gasteiger partial charge in [-0.3, -0.25) is 4.79 Å². The summed E-state index contributed by atoms with van der Waals surface area (Å²) in [6.07, 6.45) is 4.96. The van der Waals surface area contributed by atoms with Crippen molar-refractivity contribution in [1.29, 1.82) is 5.26 Å². The molecule has 0 radical (unpaired) electrons. The summed E-state index contributed by atoms with van der Waals surface area (Å²) in [5, 5.41) is 11.9. The fraction of sp³-hybridized carbons (Fsp3) is 0.350. The van der Waals surface area contributed by atoms with Gasteiger partial charge in [0.1, 0.15) is 11.9 Å². The van der Waals surface area contributed by atoms with Crippen LogP contribution in [0.15, 0.2) is 48.7 Å². The van der Waals surface area contributed by atoms with Gasteiger partial charge in [-0.25, -0.2) is 4.98 Å². The summed E-state index contributed by atoms with van der Waals surface area (Å²) in [6.45, 7) is 0.911. The lowest BCUT2D eigenvalue weighted by atomic mass is 9.64. The summed E-state index contributed by atoms with van der Waals surface area (Å²) >= 11 is 0. The second-order valence-corrected chi connectivity index (χ2v) is 6.65. The van der Waals surface area contributed by atoms with Crippen LogP contribution >= 0.6 is 0 Å². The Hall–Kier alpha value is -2.87. The lowest BCUT2D eigenvalue weighted by Gasteiger charge is -2.42. The van der Waals surface area contributed by atoms with Crippen molar-refractivity contribution in [2.75, 3.05) is 25.0 Å². The predicted octanol–water partition coefficient (Wildman–Crippen LogP) is 2.63. The number of nitrogens with zero attached hydrogens (tertiary/aromatic N) is 3. The standard InChI is InChI=1S/C20H22N4O/c1-24(18-9-8-16(12-21)13-22-18)14-19(25)23-15-20(10-5-11-20)17-6-3-2-4-7-17/h2-4,6-9,13H,5,10-11,14-15H2,1H3,(H,23,25). The first-order chi connectivity index (χ1) is 12.1. The van der Waals surface area contributed by atoms with Gasteiger partial charge in [-0.15, -0.1) is 0 Å². The Morgan fingerprint density at radius 1 is 1.28 bits per heavy atom. The number of nitriles is 1. The second kappa shape index (κ2) is 7.35. The van der Waals surface area contributed by atoms with Gasteiger partial charge in [0.05, 0.1) is 12.1 Å². The molecule has 1 amide bonds. The van der Waals surface area contributed by atoms with Crippen LogP contribution in [0.1, 0.15) is 30.4 Å². The summed E-state index contributed by atoms with van der Waals surface area (Å²) in [6, 6.07) is 15.9. The van der Waals surface area contributed by atoms with Gasteiger partial charge in [0.15, 0.2) is 0 Å². The number of nitrogens with one attached hydrogen (secondary N) is 1. The maximum Gasteiger partial charge on any atom is 0.239 e. The number of amides is 1. The number of pyridine rings is 1. The van der Waals surface area contributed by atoms with Crippen molar-refractivity contribution in [3.63, 3.8) is 0 Å². The van der Waals surface area contributed by atoms with Crippen LogP contribution < -0.4 is 10.2 Å². The zero-order chi connectivity index (χ0) is 17.7. The maximum absolute atomic E-state index is 12.3. The minimum atomic E-state index is -0.0177. The molecule has 1 heterocycles. The topological polar surface area (TPSA) is 69.0 Å². The predicted molar refractivity (Wildman–Crippen MR) is 97.2 cm³/mol. The van der Waals surface area contributed by atoms with Gasteiger partial charge in [0.25, 0.3) is 0 Å². The third kappa shape index (κ3) is 3.80. The van der Waals surface area contributed by atoms with E-state index in [1.54, 1.807) is 17.0 Å². The molecule has 3 rings (SSSR count). The summed E-state index contributed by atoms with van der Waals surface area (Å²) in [5.41, 5.74) is 1.90. The van der Waals surface area contributed by atoms with Crippen LogP contribution in [-0.2, 0) is 10.2 Å². The molecule has 1 aliphatic carbocycles. The summed E-state index contributed by atoms with van der Waals surface area (Å²) in [4.78, 5) is 18.3. The average Bonchev–Trinajstić information content (AvgIpc) is 2.62. The van der Waals surface area contributed by atoms with Gasteiger partial charge in [0.2, 0.25) is 5.91 Å². The number of carbonyl (C=O) groups excluding carboxylic acids is 1. The Labute approximate surface area is 148 Å². The highest BCUT2D eigenvalue weighted by molar-refractivity contribution is 5.81. The molecule has 0 spiro atoms. The van der Waals surface area contributed by atoms with Gasteiger partial charge in [-0.2, -0.15) is 5.26 Å². The number of aromatic nitrogens is 1. The van der Waals surface area contributed by atoms with E-state index in [4.69, 9.17) is 5.26 Å². The van der Waals surface area contributed by atoms with Crippen molar-refractivity contribution >= 4 is 11.7 Å².